The van der Waals surface area contributed by atoms with E-state index in [-0.39, 0.29) is 0 Å². The van der Waals surface area contributed by atoms with E-state index in [2.05, 4.69) is 17.1 Å². The maximum atomic E-state index is 12.0. The van der Waals surface area contributed by atoms with Crippen LogP contribution in [0, 0.1) is 0 Å². The van der Waals surface area contributed by atoms with Gasteiger partial charge < -0.3 is 15.3 Å². The average Bonchev–Trinajstić information content (AvgIpc) is 3.25. The van der Waals surface area contributed by atoms with Crippen LogP contribution in [-0.2, 0) is 11.3 Å². The molecule has 162 valence electrons. The van der Waals surface area contributed by atoms with E-state index in [9.17, 15) is 9.59 Å². The zero-order chi connectivity index (χ0) is 22.2. The van der Waals surface area contributed by atoms with Gasteiger partial charge in [-0.15, -0.1) is 11.3 Å². The molecule has 0 spiro atoms. The van der Waals surface area contributed by atoms with E-state index in [1.807, 2.05) is 41.8 Å². The maximum Gasteiger partial charge on any atom is 0.322 e. The normalized spacial score (nSPS) is 10.6. The summed E-state index contributed by atoms with van der Waals surface area (Å²) in [4.78, 5) is 29.7. The van der Waals surface area contributed by atoms with Gasteiger partial charge in [0, 0.05) is 34.6 Å². The van der Waals surface area contributed by atoms with Crippen molar-refractivity contribution in [2.75, 3.05) is 18.0 Å². The molecule has 0 fully saturated rings. The topological polar surface area (TPSA) is 82.5 Å². The number of carboxylic acid groups (broad SMARTS) is 1. The molecule has 0 radical (unpaired) electrons. The number of aliphatic carboxylic acids is 1. The lowest BCUT2D eigenvalue weighted by Gasteiger charge is -2.22. The van der Waals surface area contributed by atoms with Gasteiger partial charge in [0.15, 0.2) is 5.13 Å². The Hall–Kier alpha value is -2.90. The molecule has 2 aromatic carbocycles. The summed E-state index contributed by atoms with van der Waals surface area (Å²) in [6.07, 6.45) is 2.11. The summed E-state index contributed by atoms with van der Waals surface area (Å²) < 4.78 is 0. The summed E-state index contributed by atoms with van der Waals surface area (Å²) in [6.45, 7) is 3.28. The van der Waals surface area contributed by atoms with Crippen LogP contribution in [-0.4, -0.2) is 35.1 Å². The third-order valence-corrected chi connectivity index (χ3v) is 5.91. The Bertz CT molecular complexity index is 1040. The lowest BCUT2D eigenvalue weighted by molar-refractivity contribution is -0.135. The van der Waals surface area contributed by atoms with E-state index in [4.69, 9.17) is 21.7 Å². The second-order valence-corrected chi connectivity index (χ2v) is 8.29. The van der Waals surface area contributed by atoms with Gasteiger partial charge in [0.1, 0.15) is 6.54 Å². The summed E-state index contributed by atoms with van der Waals surface area (Å²) in [5, 5.41) is 14.7. The molecular formula is C23H24ClN3O3S. The monoisotopic (exact) mass is 457 g/mol. The third-order valence-electron chi connectivity index (χ3n) is 4.68. The van der Waals surface area contributed by atoms with Crippen molar-refractivity contribution in [3.8, 4) is 11.3 Å². The average molecular weight is 458 g/mol. The minimum atomic E-state index is -1.07. The molecule has 3 rings (SSSR count). The van der Waals surface area contributed by atoms with Crippen LogP contribution in [0.1, 0.15) is 35.7 Å². The van der Waals surface area contributed by atoms with Crippen molar-refractivity contribution in [3.63, 3.8) is 0 Å². The van der Waals surface area contributed by atoms with Crippen LogP contribution in [0.5, 0.6) is 0 Å². The van der Waals surface area contributed by atoms with Gasteiger partial charge in [0.2, 0.25) is 0 Å². The summed E-state index contributed by atoms with van der Waals surface area (Å²) in [5.41, 5.74) is 3.25. The number of rotatable bonds is 10. The fourth-order valence-electron chi connectivity index (χ4n) is 3.03. The number of carbonyl (C=O) groups is 2. The highest BCUT2D eigenvalue weighted by molar-refractivity contribution is 7.14. The number of hydrogen-bond acceptors (Lipinski definition) is 5. The van der Waals surface area contributed by atoms with Gasteiger partial charge in [-0.2, -0.15) is 0 Å². The number of carboxylic acids is 1. The van der Waals surface area contributed by atoms with Crippen LogP contribution in [0.2, 0.25) is 5.02 Å². The number of anilines is 1. The van der Waals surface area contributed by atoms with Gasteiger partial charge in [-0.25, -0.2) is 4.98 Å². The van der Waals surface area contributed by atoms with Crippen molar-refractivity contribution < 1.29 is 14.7 Å². The van der Waals surface area contributed by atoms with Gasteiger partial charge in [-0.05, 0) is 30.2 Å². The van der Waals surface area contributed by atoms with E-state index in [0.717, 1.165) is 41.3 Å². The van der Waals surface area contributed by atoms with Gasteiger partial charge in [-0.1, -0.05) is 55.3 Å². The number of nitrogens with one attached hydrogen (secondary N) is 1. The Morgan fingerprint density at radius 1 is 1.16 bits per heavy atom. The molecule has 0 bridgehead atoms. The lowest BCUT2D eigenvalue weighted by atomic mass is 10.1. The first-order chi connectivity index (χ1) is 15.0. The Kier molecular flexibility index (Phi) is 8.03. The van der Waals surface area contributed by atoms with E-state index in [1.165, 1.54) is 0 Å². The quantitative estimate of drug-likeness (QED) is 0.443. The Morgan fingerprint density at radius 2 is 1.90 bits per heavy atom. The number of amides is 1. The SMILES string of the molecule is CCCCN(Cc1ccc(C(=O)NCC(=O)O)cc1)c1nc(-c2ccccc2Cl)cs1. The molecule has 0 aliphatic rings. The highest BCUT2D eigenvalue weighted by Gasteiger charge is 2.15. The number of unbranched alkanes of at least 4 members (excludes halogenated alkanes) is 1. The number of aromatic nitrogens is 1. The second kappa shape index (κ2) is 10.9. The van der Waals surface area contributed by atoms with Crippen molar-refractivity contribution in [1.82, 2.24) is 10.3 Å². The molecule has 1 heterocycles. The first kappa shape index (κ1) is 22.8. The molecule has 0 aliphatic heterocycles. The summed E-state index contributed by atoms with van der Waals surface area (Å²) in [7, 11) is 0. The van der Waals surface area contributed by atoms with Crippen LogP contribution >= 0.6 is 22.9 Å². The molecule has 8 heteroatoms. The molecule has 0 saturated carbocycles. The van der Waals surface area contributed by atoms with Crippen molar-refractivity contribution in [3.05, 3.63) is 70.1 Å². The van der Waals surface area contributed by atoms with Crippen molar-refractivity contribution >= 4 is 39.9 Å². The molecule has 6 nitrogen and oxygen atoms in total. The number of carbonyl (C=O) groups excluding carboxylic acids is 1. The van der Waals surface area contributed by atoms with E-state index in [1.54, 1.807) is 23.5 Å². The van der Waals surface area contributed by atoms with Gasteiger partial charge in [-0.3, -0.25) is 9.59 Å². The van der Waals surface area contributed by atoms with Crippen LogP contribution in [0.3, 0.4) is 0 Å². The second-order valence-electron chi connectivity index (χ2n) is 7.04. The van der Waals surface area contributed by atoms with E-state index >= 15 is 0 Å². The van der Waals surface area contributed by atoms with Crippen LogP contribution in [0.25, 0.3) is 11.3 Å². The van der Waals surface area contributed by atoms with Crippen molar-refractivity contribution in [1.29, 1.82) is 0 Å². The fraction of sp³-hybridized carbons (Fsp3) is 0.261. The number of halogens is 1. The molecule has 0 aliphatic carbocycles. The molecular weight excluding hydrogens is 434 g/mol. The summed E-state index contributed by atoms with van der Waals surface area (Å²) in [6, 6.07) is 14.9. The number of thiazole rings is 1. The Morgan fingerprint density at radius 3 is 2.58 bits per heavy atom. The first-order valence-electron chi connectivity index (χ1n) is 10.0. The molecule has 0 saturated heterocycles. The zero-order valence-electron chi connectivity index (χ0n) is 17.2. The minimum absolute atomic E-state index is 0.400. The van der Waals surface area contributed by atoms with Gasteiger partial charge in [0.05, 0.1) is 5.69 Å². The zero-order valence-corrected chi connectivity index (χ0v) is 18.7. The number of nitrogens with zero attached hydrogens (tertiary/aromatic N) is 2. The van der Waals surface area contributed by atoms with Crippen LogP contribution < -0.4 is 10.2 Å². The molecule has 1 amide bonds. The van der Waals surface area contributed by atoms with E-state index < -0.39 is 18.4 Å². The highest BCUT2D eigenvalue weighted by Crippen LogP contribution is 2.32. The molecule has 31 heavy (non-hydrogen) atoms. The van der Waals surface area contributed by atoms with Crippen LogP contribution in [0.15, 0.2) is 53.9 Å². The third kappa shape index (κ3) is 6.29. The number of hydrogen-bond donors (Lipinski definition) is 2. The fourth-order valence-corrected chi connectivity index (χ4v) is 4.12. The Balaban J connectivity index is 1.74. The number of benzene rings is 2. The van der Waals surface area contributed by atoms with Gasteiger partial charge >= 0.3 is 5.97 Å². The lowest BCUT2D eigenvalue weighted by Crippen LogP contribution is -2.29. The molecule has 3 aromatic rings. The van der Waals surface area contributed by atoms with Crippen molar-refractivity contribution in [2.24, 2.45) is 0 Å². The van der Waals surface area contributed by atoms with Crippen molar-refractivity contribution in [2.45, 2.75) is 26.3 Å². The summed E-state index contributed by atoms with van der Waals surface area (Å²) >= 11 is 7.91. The molecule has 1 aromatic heterocycles. The smallest absolute Gasteiger partial charge is 0.322 e. The largest absolute Gasteiger partial charge is 0.480 e. The first-order valence-corrected chi connectivity index (χ1v) is 11.3. The molecule has 0 unspecified atom stereocenters. The molecule has 2 N–H and O–H groups in total. The minimum Gasteiger partial charge on any atom is -0.480 e. The van der Waals surface area contributed by atoms with Crippen LogP contribution in [0.4, 0.5) is 5.13 Å². The van der Waals surface area contributed by atoms with E-state index in [0.29, 0.717) is 17.1 Å². The summed E-state index contributed by atoms with van der Waals surface area (Å²) in [5.74, 6) is -1.47. The maximum absolute atomic E-state index is 12.0. The Labute approximate surface area is 190 Å². The standard InChI is InChI=1S/C23H24ClN3O3S/c1-2-3-12-27(23-26-20(15-31-23)18-6-4-5-7-19(18)24)14-16-8-10-17(11-9-16)22(30)25-13-21(28)29/h4-11,15H,2-3,12-14H2,1H3,(H,25,30)(H,28,29). The highest BCUT2D eigenvalue weighted by atomic mass is 35.5. The predicted molar refractivity (Wildman–Crippen MR) is 125 cm³/mol. The molecule has 0 atom stereocenters. The van der Waals surface area contributed by atoms with Gasteiger partial charge in [0.25, 0.3) is 5.91 Å². The predicted octanol–water partition coefficient (Wildman–Crippen LogP) is 5.08.